The summed E-state index contributed by atoms with van der Waals surface area (Å²) in [7, 11) is 0. The lowest BCUT2D eigenvalue weighted by atomic mass is 9.85. The molecule has 4 nitrogen and oxygen atoms in total. The van der Waals surface area contributed by atoms with E-state index >= 15 is 0 Å². The van der Waals surface area contributed by atoms with Crippen LogP contribution in [0, 0.1) is 17.3 Å². The number of rotatable bonds is 3. The first-order valence-corrected chi connectivity index (χ1v) is 6.98. The maximum Gasteiger partial charge on any atom is 0.233 e. The summed E-state index contributed by atoms with van der Waals surface area (Å²) in [6, 6.07) is 0. The molecule has 1 saturated heterocycles. The van der Waals surface area contributed by atoms with Crippen LogP contribution in [0.2, 0.25) is 0 Å². The minimum absolute atomic E-state index is 0.0143. The maximum absolute atomic E-state index is 12.2. The molecule has 4 heteroatoms. The van der Waals surface area contributed by atoms with Crippen LogP contribution in [0.5, 0.6) is 0 Å². The fourth-order valence-corrected chi connectivity index (χ4v) is 3.03. The first-order valence-electron chi connectivity index (χ1n) is 6.98. The van der Waals surface area contributed by atoms with Crippen LogP contribution in [0.4, 0.5) is 0 Å². The summed E-state index contributed by atoms with van der Waals surface area (Å²) in [5, 5.41) is 10.1. The third kappa shape index (κ3) is 3.06. The molecule has 0 bridgehead atoms. The van der Waals surface area contributed by atoms with Crippen molar-refractivity contribution in [1.82, 2.24) is 4.90 Å². The molecule has 1 aliphatic carbocycles. The van der Waals surface area contributed by atoms with Crippen LogP contribution < -0.4 is 0 Å². The second-order valence-electron chi connectivity index (χ2n) is 6.86. The lowest BCUT2D eigenvalue weighted by Gasteiger charge is -2.25. The largest absolute Gasteiger partial charge is 0.391 e. The Morgan fingerprint density at radius 3 is 2.11 bits per heavy atom. The van der Waals surface area contributed by atoms with E-state index in [-0.39, 0.29) is 35.6 Å². The van der Waals surface area contributed by atoms with Crippen molar-refractivity contribution in [1.29, 1.82) is 0 Å². The highest BCUT2D eigenvalue weighted by atomic mass is 16.3. The first-order chi connectivity index (χ1) is 8.79. The molecular formula is C15H23NO3. The smallest absolute Gasteiger partial charge is 0.233 e. The third-order valence-electron chi connectivity index (χ3n) is 3.84. The van der Waals surface area contributed by atoms with Crippen LogP contribution >= 0.6 is 0 Å². The Morgan fingerprint density at radius 2 is 1.68 bits per heavy atom. The number of carbonyl (C=O) groups is 2. The van der Waals surface area contributed by atoms with Gasteiger partial charge in [0, 0.05) is 0 Å². The predicted molar refractivity (Wildman–Crippen MR) is 72.2 cm³/mol. The Bertz CT molecular complexity index is 382. The van der Waals surface area contributed by atoms with Crippen molar-refractivity contribution in [2.45, 2.75) is 46.1 Å². The maximum atomic E-state index is 12.2. The first kappa shape index (κ1) is 14.3. The van der Waals surface area contributed by atoms with Crippen molar-refractivity contribution in [2.75, 3.05) is 6.54 Å². The highest BCUT2D eigenvalue weighted by molar-refractivity contribution is 6.05. The number of β-amino-alcohol motifs (C(OH)–C–C–N with tert-alkyl or cyclic N) is 1. The van der Waals surface area contributed by atoms with Gasteiger partial charge in [0.2, 0.25) is 11.8 Å². The molecular weight excluding hydrogens is 242 g/mol. The number of hydrogen-bond acceptors (Lipinski definition) is 3. The fourth-order valence-electron chi connectivity index (χ4n) is 3.03. The van der Waals surface area contributed by atoms with Crippen molar-refractivity contribution >= 4 is 11.8 Å². The second-order valence-corrected chi connectivity index (χ2v) is 6.86. The van der Waals surface area contributed by atoms with E-state index in [0.29, 0.717) is 19.3 Å². The number of fused-ring (bicyclic) bond motifs is 1. The van der Waals surface area contributed by atoms with Gasteiger partial charge in [-0.3, -0.25) is 14.5 Å². The molecule has 1 N–H and O–H groups in total. The van der Waals surface area contributed by atoms with E-state index in [2.05, 4.69) is 0 Å². The van der Waals surface area contributed by atoms with Gasteiger partial charge in [-0.2, -0.15) is 0 Å². The summed E-state index contributed by atoms with van der Waals surface area (Å²) in [4.78, 5) is 25.7. The molecule has 19 heavy (non-hydrogen) atoms. The molecule has 106 valence electrons. The summed E-state index contributed by atoms with van der Waals surface area (Å²) < 4.78 is 0. The van der Waals surface area contributed by atoms with Gasteiger partial charge in [0.05, 0.1) is 24.5 Å². The number of carbonyl (C=O) groups excluding carboxylic acids is 2. The van der Waals surface area contributed by atoms with E-state index in [1.54, 1.807) is 0 Å². The highest BCUT2D eigenvalue weighted by Crippen LogP contribution is 2.35. The summed E-state index contributed by atoms with van der Waals surface area (Å²) >= 11 is 0. The Labute approximate surface area is 114 Å². The Hall–Kier alpha value is -1.16. The van der Waals surface area contributed by atoms with Crippen LogP contribution in [-0.4, -0.2) is 34.5 Å². The molecule has 0 spiro atoms. The van der Waals surface area contributed by atoms with E-state index in [0.717, 1.165) is 0 Å². The summed E-state index contributed by atoms with van der Waals surface area (Å²) in [5.74, 6) is -0.599. The average Bonchev–Trinajstić information content (AvgIpc) is 2.53. The summed E-state index contributed by atoms with van der Waals surface area (Å²) in [6.45, 7) is 6.25. The van der Waals surface area contributed by atoms with Gasteiger partial charge in [0.15, 0.2) is 0 Å². The second kappa shape index (κ2) is 5.08. The van der Waals surface area contributed by atoms with Crippen molar-refractivity contribution in [3.8, 4) is 0 Å². The topological polar surface area (TPSA) is 57.6 Å². The molecule has 0 saturated carbocycles. The molecule has 1 unspecified atom stereocenters. The molecule has 0 aromatic heterocycles. The molecule has 2 aliphatic rings. The van der Waals surface area contributed by atoms with E-state index in [9.17, 15) is 14.7 Å². The molecule has 0 aromatic carbocycles. The van der Waals surface area contributed by atoms with Crippen LogP contribution in [0.25, 0.3) is 0 Å². The molecule has 1 heterocycles. The van der Waals surface area contributed by atoms with Gasteiger partial charge in [-0.15, -0.1) is 0 Å². The minimum atomic E-state index is -0.638. The zero-order chi connectivity index (χ0) is 14.2. The lowest BCUT2D eigenvalue weighted by Crippen LogP contribution is -2.39. The summed E-state index contributed by atoms with van der Waals surface area (Å²) in [6.07, 6.45) is 5.20. The molecule has 1 fully saturated rings. The highest BCUT2D eigenvalue weighted by Gasteiger charge is 2.47. The Kier molecular flexibility index (Phi) is 3.81. The number of nitrogens with zero attached hydrogens (tertiary/aromatic N) is 1. The number of aliphatic hydroxyl groups is 1. The number of imide groups is 1. The molecule has 1 aliphatic heterocycles. The SMILES string of the molecule is CC(C)(C)CC(O)CN1C(=O)[C@H]2CC=CC[C@H]2C1=O. The van der Waals surface area contributed by atoms with Crippen molar-refractivity contribution in [2.24, 2.45) is 17.3 Å². The van der Waals surface area contributed by atoms with Crippen LogP contribution in [0.3, 0.4) is 0 Å². The van der Waals surface area contributed by atoms with Gasteiger partial charge in [-0.05, 0) is 24.7 Å². The number of amides is 2. The van der Waals surface area contributed by atoms with Gasteiger partial charge in [-0.25, -0.2) is 0 Å². The monoisotopic (exact) mass is 265 g/mol. The molecule has 3 atom stereocenters. The number of likely N-dealkylation sites (tertiary alicyclic amines) is 1. The number of hydrogen-bond donors (Lipinski definition) is 1. The van der Waals surface area contributed by atoms with E-state index in [1.165, 1.54) is 4.90 Å². The molecule has 2 rings (SSSR count). The van der Waals surface area contributed by atoms with E-state index in [4.69, 9.17) is 0 Å². The number of aliphatic hydroxyl groups excluding tert-OH is 1. The zero-order valence-corrected chi connectivity index (χ0v) is 11.9. The van der Waals surface area contributed by atoms with Crippen LogP contribution in [0.15, 0.2) is 12.2 Å². The Morgan fingerprint density at radius 1 is 1.21 bits per heavy atom. The predicted octanol–water partition coefficient (Wildman–Crippen LogP) is 1.73. The normalized spacial score (nSPS) is 28.7. The quantitative estimate of drug-likeness (QED) is 0.624. The van der Waals surface area contributed by atoms with E-state index in [1.807, 2.05) is 32.9 Å². The molecule has 0 aromatic rings. The van der Waals surface area contributed by atoms with Gasteiger partial charge in [-0.1, -0.05) is 32.9 Å². The van der Waals surface area contributed by atoms with Gasteiger partial charge in [0.25, 0.3) is 0 Å². The van der Waals surface area contributed by atoms with Crippen LogP contribution in [0.1, 0.15) is 40.0 Å². The molecule has 2 amide bonds. The number of allylic oxidation sites excluding steroid dienone is 2. The third-order valence-corrected chi connectivity index (χ3v) is 3.84. The van der Waals surface area contributed by atoms with Gasteiger partial charge in [0.1, 0.15) is 0 Å². The molecule has 0 radical (unpaired) electrons. The van der Waals surface area contributed by atoms with Crippen molar-refractivity contribution < 1.29 is 14.7 Å². The lowest BCUT2D eigenvalue weighted by molar-refractivity contribution is -0.141. The summed E-state index contributed by atoms with van der Waals surface area (Å²) in [5.41, 5.74) is -0.0143. The standard InChI is InChI=1S/C15H23NO3/c1-15(2,3)8-10(17)9-16-13(18)11-6-4-5-7-12(11)14(16)19/h4-5,10-12,17H,6-9H2,1-3H3/t10?,11-,12+. The van der Waals surface area contributed by atoms with Gasteiger partial charge < -0.3 is 5.11 Å². The van der Waals surface area contributed by atoms with Crippen molar-refractivity contribution in [3.63, 3.8) is 0 Å². The zero-order valence-electron chi connectivity index (χ0n) is 11.9. The minimum Gasteiger partial charge on any atom is -0.391 e. The van der Waals surface area contributed by atoms with Crippen molar-refractivity contribution in [3.05, 3.63) is 12.2 Å². The Balaban J connectivity index is 2.02. The van der Waals surface area contributed by atoms with E-state index < -0.39 is 6.10 Å². The fraction of sp³-hybridized carbons (Fsp3) is 0.733. The van der Waals surface area contributed by atoms with Gasteiger partial charge >= 0.3 is 0 Å². The van der Waals surface area contributed by atoms with Crippen LogP contribution in [-0.2, 0) is 9.59 Å². The average molecular weight is 265 g/mol.